The summed E-state index contributed by atoms with van der Waals surface area (Å²) in [6, 6.07) is 5.93. The number of ether oxygens (including phenoxy) is 2. The van der Waals surface area contributed by atoms with Crippen LogP contribution < -0.4 is 5.32 Å². The number of fused-ring (bicyclic) bond motifs is 1. The Morgan fingerprint density at radius 1 is 1.47 bits per heavy atom. The zero-order chi connectivity index (χ0) is 13.0. The highest BCUT2D eigenvalue weighted by Crippen LogP contribution is 2.38. The summed E-state index contributed by atoms with van der Waals surface area (Å²) < 4.78 is 11.9. The van der Waals surface area contributed by atoms with Crippen LogP contribution in [0.3, 0.4) is 0 Å². The van der Waals surface area contributed by atoms with Gasteiger partial charge in [0.25, 0.3) is 0 Å². The molecule has 2 aliphatic heterocycles. The Labute approximate surface area is 114 Å². The molecule has 1 aromatic rings. The predicted molar refractivity (Wildman–Crippen MR) is 72.8 cm³/mol. The van der Waals surface area contributed by atoms with Crippen LogP contribution in [0.2, 0.25) is 0 Å². The number of aromatic nitrogens is 1. The molecule has 104 valence electrons. The minimum atomic E-state index is 0.172. The molecule has 2 aliphatic rings. The minimum absolute atomic E-state index is 0.172. The number of rotatable bonds is 4. The number of nitrogens with one attached hydrogen (secondary N) is 1. The highest BCUT2D eigenvalue weighted by Gasteiger charge is 2.43. The van der Waals surface area contributed by atoms with Crippen LogP contribution in [0.1, 0.15) is 25.0 Å². The Morgan fingerprint density at radius 2 is 2.47 bits per heavy atom. The van der Waals surface area contributed by atoms with E-state index in [1.165, 1.54) is 6.42 Å². The fourth-order valence-electron chi connectivity index (χ4n) is 3.21. The van der Waals surface area contributed by atoms with Crippen molar-refractivity contribution < 1.29 is 9.47 Å². The molecule has 4 heteroatoms. The molecule has 0 unspecified atom stereocenters. The first-order valence-electron chi connectivity index (χ1n) is 7.19. The molecule has 0 amide bonds. The third-order valence-electron chi connectivity index (χ3n) is 4.25. The van der Waals surface area contributed by atoms with Crippen LogP contribution in [0.25, 0.3) is 0 Å². The first-order chi connectivity index (χ1) is 9.39. The van der Waals surface area contributed by atoms with Gasteiger partial charge in [0.15, 0.2) is 0 Å². The molecule has 2 atom stereocenters. The van der Waals surface area contributed by atoms with Gasteiger partial charge < -0.3 is 14.8 Å². The molecule has 0 radical (unpaired) electrons. The van der Waals surface area contributed by atoms with E-state index in [0.717, 1.165) is 44.8 Å². The molecule has 1 aromatic heterocycles. The maximum Gasteiger partial charge on any atom is 0.0888 e. The molecule has 3 rings (SSSR count). The number of pyridine rings is 1. The van der Waals surface area contributed by atoms with Crippen LogP contribution in [0.15, 0.2) is 24.4 Å². The zero-order valence-electron chi connectivity index (χ0n) is 11.3. The highest BCUT2D eigenvalue weighted by molar-refractivity contribution is 5.02. The molecular weight excluding hydrogens is 240 g/mol. The van der Waals surface area contributed by atoms with Crippen LogP contribution in [0.5, 0.6) is 0 Å². The normalized spacial score (nSPS) is 30.8. The lowest BCUT2D eigenvalue weighted by atomic mass is 9.73. The first kappa shape index (κ1) is 13.0. The van der Waals surface area contributed by atoms with Gasteiger partial charge in [-0.05, 0) is 37.9 Å². The van der Waals surface area contributed by atoms with Crippen molar-refractivity contribution in [3.05, 3.63) is 30.1 Å². The minimum Gasteiger partial charge on any atom is -0.377 e. The maximum absolute atomic E-state index is 5.95. The van der Waals surface area contributed by atoms with E-state index in [-0.39, 0.29) is 5.41 Å². The molecule has 3 heterocycles. The summed E-state index contributed by atoms with van der Waals surface area (Å²) in [5.74, 6) is 0. The number of nitrogens with zero attached hydrogens (tertiary/aromatic N) is 1. The topological polar surface area (TPSA) is 43.4 Å². The van der Waals surface area contributed by atoms with Gasteiger partial charge in [-0.1, -0.05) is 6.07 Å². The summed E-state index contributed by atoms with van der Waals surface area (Å²) in [6.07, 6.45) is 5.63. The molecule has 19 heavy (non-hydrogen) atoms. The van der Waals surface area contributed by atoms with Gasteiger partial charge in [-0.2, -0.15) is 0 Å². The Bertz CT molecular complexity index is 384. The van der Waals surface area contributed by atoms with Gasteiger partial charge >= 0.3 is 0 Å². The molecule has 0 bridgehead atoms. The molecule has 4 nitrogen and oxygen atoms in total. The van der Waals surface area contributed by atoms with Gasteiger partial charge in [-0.25, -0.2) is 0 Å². The largest absolute Gasteiger partial charge is 0.377 e. The van der Waals surface area contributed by atoms with E-state index in [2.05, 4.69) is 10.3 Å². The highest BCUT2D eigenvalue weighted by atomic mass is 16.5. The Hall–Kier alpha value is -0.970. The van der Waals surface area contributed by atoms with Crippen molar-refractivity contribution in [2.24, 2.45) is 5.41 Å². The van der Waals surface area contributed by atoms with Gasteiger partial charge in [0, 0.05) is 24.8 Å². The fourth-order valence-corrected chi connectivity index (χ4v) is 3.21. The van der Waals surface area contributed by atoms with Crippen molar-refractivity contribution in [1.29, 1.82) is 0 Å². The van der Waals surface area contributed by atoms with Crippen molar-refractivity contribution in [1.82, 2.24) is 10.3 Å². The van der Waals surface area contributed by atoms with Gasteiger partial charge in [0.05, 0.1) is 25.0 Å². The first-order valence-corrected chi connectivity index (χ1v) is 7.19. The van der Waals surface area contributed by atoms with E-state index in [9.17, 15) is 0 Å². The predicted octanol–water partition coefficient (Wildman–Crippen LogP) is 1.76. The lowest BCUT2D eigenvalue weighted by Gasteiger charge is -2.47. The molecule has 0 aliphatic carbocycles. The van der Waals surface area contributed by atoms with Crippen LogP contribution in [-0.2, 0) is 16.1 Å². The molecule has 2 fully saturated rings. The summed E-state index contributed by atoms with van der Waals surface area (Å²) in [6.45, 7) is 4.34. The van der Waals surface area contributed by atoms with Crippen LogP contribution in [0.4, 0.5) is 0 Å². The van der Waals surface area contributed by atoms with Gasteiger partial charge in [0.1, 0.15) is 0 Å². The summed E-state index contributed by atoms with van der Waals surface area (Å²) in [5.41, 5.74) is 1.17. The molecule has 0 spiro atoms. The summed E-state index contributed by atoms with van der Waals surface area (Å²) in [5, 5.41) is 3.50. The van der Waals surface area contributed by atoms with Crippen molar-refractivity contribution >= 4 is 0 Å². The lowest BCUT2D eigenvalue weighted by Crippen LogP contribution is -2.55. The standard InChI is InChI=1S/C15H22N2O2/c1-2-7-17-13(4-1)10-18-12-15-6-3-9-19-14(15)5-8-16-11-15/h1-2,4,7,14,16H,3,5-6,8-12H2/t14-,15+/m0/s1. The SMILES string of the molecule is c1ccc(COC[C@]23CCCO[C@H]2CCNC3)nc1. The fraction of sp³-hybridized carbons (Fsp3) is 0.667. The molecule has 0 aromatic carbocycles. The van der Waals surface area contributed by atoms with E-state index in [4.69, 9.17) is 9.47 Å². The van der Waals surface area contributed by atoms with Crippen LogP contribution in [0, 0.1) is 5.41 Å². The molecule has 2 saturated heterocycles. The van der Waals surface area contributed by atoms with E-state index in [1.54, 1.807) is 0 Å². The average Bonchev–Trinajstić information content (AvgIpc) is 2.48. The maximum atomic E-state index is 5.95. The summed E-state index contributed by atoms with van der Waals surface area (Å²) >= 11 is 0. The van der Waals surface area contributed by atoms with Crippen LogP contribution >= 0.6 is 0 Å². The second-order valence-corrected chi connectivity index (χ2v) is 5.60. The number of piperidine rings is 1. The van der Waals surface area contributed by atoms with E-state index in [1.807, 2.05) is 24.4 Å². The van der Waals surface area contributed by atoms with E-state index < -0.39 is 0 Å². The summed E-state index contributed by atoms with van der Waals surface area (Å²) in [4.78, 5) is 4.29. The van der Waals surface area contributed by atoms with Crippen LogP contribution in [-0.4, -0.2) is 37.4 Å². The summed E-state index contributed by atoms with van der Waals surface area (Å²) in [7, 11) is 0. The van der Waals surface area contributed by atoms with Gasteiger partial charge in [-0.3, -0.25) is 4.98 Å². The number of hydrogen-bond donors (Lipinski definition) is 1. The molecular formula is C15H22N2O2. The van der Waals surface area contributed by atoms with Gasteiger partial charge in [-0.15, -0.1) is 0 Å². The van der Waals surface area contributed by atoms with Crippen molar-refractivity contribution in [3.8, 4) is 0 Å². The average molecular weight is 262 g/mol. The Balaban J connectivity index is 1.57. The van der Waals surface area contributed by atoms with Crippen molar-refractivity contribution in [2.45, 2.75) is 32.0 Å². The van der Waals surface area contributed by atoms with Crippen molar-refractivity contribution in [2.75, 3.05) is 26.3 Å². The third-order valence-corrected chi connectivity index (χ3v) is 4.25. The second-order valence-electron chi connectivity index (χ2n) is 5.60. The van der Waals surface area contributed by atoms with E-state index >= 15 is 0 Å². The quantitative estimate of drug-likeness (QED) is 0.898. The smallest absolute Gasteiger partial charge is 0.0888 e. The third kappa shape index (κ3) is 2.96. The van der Waals surface area contributed by atoms with E-state index in [0.29, 0.717) is 12.7 Å². The Kier molecular flexibility index (Phi) is 4.11. The van der Waals surface area contributed by atoms with Gasteiger partial charge in [0.2, 0.25) is 0 Å². The zero-order valence-corrected chi connectivity index (χ0v) is 11.3. The lowest BCUT2D eigenvalue weighted by molar-refractivity contribution is -0.132. The van der Waals surface area contributed by atoms with Crippen molar-refractivity contribution in [3.63, 3.8) is 0 Å². The number of hydrogen-bond acceptors (Lipinski definition) is 4. The molecule has 1 N–H and O–H groups in total. The Morgan fingerprint density at radius 3 is 3.37 bits per heavy atom. The molecule has 0 saturated carbocycles. The second kappa shape index (κ2) is 5.99. The monoisotopic (exact) mass is 262 g/mol.